The van der Waals surface area contributed by atoms with Crippen molar-refractivity contribution in [2.45, 2.75) is 38.1 Å². The number of halogens is 1. The highest BCUT2D eigenvalue weighted by atomic mass is 35.5. The molecule has 1 aliphatic heterocycles. The summed E-state index contributed by atoms with van der Waals surface area (Å²) in [5.41, 5.74) is 5.31. The summed E-state index contributed by atoms with van der Waals surface area (Å²) >= 11 is 5.95. The van der Waals surface area contributed by atoms with Crippen molar-refractivity contribution >= 4 is 29.2 Å². The van der Waals surface area contributed by atoms with Crippen LogP contribution >= 0.6 is 11.6 Å². The van der Waals surface area contributed by atoms with Gasteiger partial charge in [0.15, 0.2) is 0 Å². The number of nitrogens with zero attached hydrogens (tertiary/aromatic N) is 1. The molecular formula is C15H19ClN2O3. The van der Waals surface area contributed by atoms with Gasteiger partial charge in [-0.25, -0.2) is 4.79 Å². The Morgan fingerprint density at radius 3 is 2.76 bits per heavy atom. The Morgan fingerprint density at radius 1 is 1.48 bits per heavy atom. The lowest BCUT2D eigenvalue weighted by Gasteiger charge is -2.34. The molecule has 1 aliphatic rings. The second kappa shape index (κ2) is 5.93. The second-order valence-corrected chi connectivity index (χ2v) is 5.79. The molecule has 1 heterocycles. The van der Waals surface area contributed by atoms with E-state index >= 15 is 0 Å². The second-order valence-electron chi connectivity index (χ2n) is 5.38. The number of hydrogen-bond acceptors (Lipinski definition) is 3. The lowest BCUT2D eigenvalue weighted by molar-refractivity contribution is -0.148. The number of likely N-dealkylation sites (tertiary alicyclic amines) is 1. The third-order valence-corrected chi connectivity index (χ3v) is 4.37. The van der Waals surface area contributed by atoms with Crippen LogP contribution in [0.4, 0.5) is 5.69 Å². The Balaban J connectivity index is 2.36. The van der Waals surface area contributed by atoms with Crippen LogP contribution in [0.1, 0.15) is 43.0 Å². The molecular weight excluding hydrogens is 292 g/mol. The van der Waals surface area contributed by atoms with E-state index in [4.69, 9.17) is 17.3 Å². The molecule has 1 aromatic rings. The van der Waals surface area contributed by atoms with Crippen LogP contribution in [-0.2, 0) is 4.79 Å². The molecule has 2 rings (SSSR count). The summed E-state index contributed by atoms with van der Waals surface area (Å²) in [6.45, 7) is 2.37. The van der Waals surface area contributed by atoms with Crippen LogP contribution in [0.15, 0.2) is 18.2 Å². The van der Waals surface area contributed by atoms with Crippen molar-refractivity contribution in [3.63, 3.8) is 0 Å². The van der Waals surface area contributed by atoms with Crippen LogP contribution < -0.4 is 5.73 Å². The van der Waals surface area contributed by atoms with E-state index in [0.717, 1.165) is 0 Å². The summed E-state index contributed by atoms with van der Waals surface area (Å²) in [4.78, 5) is 25.9. The molecule has 0 radical (unpaired) electrons. The van der Waals surface area contributed by atoms with Gasteiger partial charge in [-0.1, -0.05) is 24.9 Å². The highest BCUT2D eigenvalue weighted by Crippen LogP contribution is 2.35. The van der Waals surface area contributed by atoms with Gasteiger partial charge >= 0.3 is 5.97 Å². The molecule has 1 unspecified atom stereocenters. The molecule has 5 nitrogen and oxygen atoms in total. The minimum Gasteiger partial charge on any atom is -0.479 e. The van der Waals surface area contributed by atoms with E-state index in [9.17, 15) is 14.7 Å². The fraction of sp³-hybridized carbons (Fsp3) is 0.467. The molecule has 21 heavy (non-hydrogen) atoms. The number of rotatable bonds is 4. The number of nitrogens with two attached hydrogens (primary N) is 1. The number of carboxylic acids is 1. The monoisotopic (exact) mass is 310 g/mol. The molecule has 1 aromatic carbocycles. The van der Waals surface area contributed by atoms with E-state index < -0.39 is 11.5 Å². The normalized spacial score (nSPS) is 21.5. The van der Waals surface area contributed by atoms with Gasteiger partial charge in [-0.3, -0.25) is 4.79 Å². The fourth-order valence-electron chi connectivity index (χ4n) is 2.99. The lowest BCUT2D eigenvalue weighted by atomic mass is 9.90. The maximum absolute atomic E-state index is 12.7. The number of carbonyl (C=O) groups excluding carboxylic acids is 1. The van der Waals surface area contributed by atoms with Crippen molar-refractivity contribution < 1.29 is 14.7 Å². The van der Waals surface area contributed by atoms with Gasteiger partial charge in [0.05, 0.1) is 10.7 Å². The summed E-state index contributed by atoms with van der Waals surface area (Å²) in [7, 11) is 0. The van der Waals surface area contributed by atoms with Crippen LogP contribution in [0.25, 0.3) is 0 Å². The van der Waals surface area contributed by atoms with E-state index in [1.54, 1.807) is 12.1 Å². The molecule has 6 heteroatoms. The first kappa shape index (κ1) is 15.6. The number of carbonyl (C=O) groups is 2. The number of aliphatic carboxylic acids is 1. The van der Waals surface area contributed by atoms with Gasteiger partial charge in [-0.2, -0.15) is 0 Å². The quantitative estimate of drug-likeness (QED) is 0.838. The van der Waals surface area contributed by atoms with Crippen molar-refractivity contribution in [2.24, 2.45) is 0 Å². The van der Waals surface area contributed by atoms with Gasteiger partial charge in [0.2, 0.25) is 0 Å². The molecule has 0 aromatic heterocycles. The third-order valence-electron chi connectivity index (χ3n) is 4.04. The number of hydrogen-bond donors (Lipinski definition) is 2. The van der Waals surface area contributed by atoms with Gasteiger partial charge in [0.25, 0.3) is 5.91 Å². The number of carboxylic acid groups (broad SMARTS) is 1. The molecule has 1 fully saturated rings. The maximum atomic E-state index is 12.7. The average molecular weight is 311 g/mol. The topological polar surface area (TPSA) is 83.6 Å². The van der Waals surface area contributed by atoms with Crippen LogP contribution in [0.2, 0.25) is 5.02 Å². The first-order chi connectivity index (χ1) is 9.92. The summed E-state index contributed by atoms with van der Waals surface area (Å²) in [5, 5.41) is 9.92. The van der Waals surface area contributed by atoms with Crippen molar-refractivity contribution in [3.8, 4) is 0 Å². The van der Waals surface area contributed by atoms with Gasteiger partial charge < -0.3 is 15.7 Å². The Kier molecular flexibility index (Phi) is 4.42. The first-order valence-corrected chi connectivity index (χ1v) is 7.40. The summed E-state index contributed by atoms with van der Waals surface area (Å²) in [6.07, 6.45) is 2.35. The van der Waals surface area contributed by atoms with Crippen LogP contribution in [0.5, 0.6) is 0 Å². The van der Waals surface area contributed by atoms with Crippen molar-refractivity contribution in [3.05, 3.63) is 28.8 Å². The smallest absolute Gasteiger partial charge is 0.329 e. The zero-order chi connectivity index (χ0) is 15.6. The summed E-state index contributed by atoms with van der Waals surface area (Å²) < 4.78 is 0. The molecule has 0 bridgehead atoms. The SMILES string of the molecule is CCCC1(C(=O)O)CCCN1C(=O)c1ccc(N)c(Cl)c1. The van der Waals surface area contributed by atoms with Gasteiger partial charge in [-0.15, -0.1) is 0 Å². The predicted molar refractivity (Wildman–Crippen MR) is 81.4 cm³/mol. The maximum Gasteiger partial charge on any atom is 0.329 e. The number of amides is 1. The number of benzene rings is 1. The predicted octanol–water partition coefficient (Wildman–Crippen LogP) is 2.78. The van der Waals surface area contributed by atoms with Crippen molar-refractivity contribution in [1.29, 1.82) is 0 Å². The van der Waals surface area contributed by atoms with Gasteiger partial charge in [0.1, 0.15) is 5.54 Å². The first-order valence-electron chi connectivity index (χ1n) is 7.03. The Morgan fingerprint density at radius 2 is 2.19 bits per heavy atom. The minimum atomic E-state index is -1.10. The molecule has 1 amide bonds. The minimum absolute atomic E-state index is 0.301. The molecule has 0 aliphatic carbocycles. The molecule has 3 N–H and O–H groups in total. The Bertz CT molecular complexity index is 576. The van der Waals surface area contributed by atoms with Crippen LogP contribution in [-0.4, -0.2) is 34.0 Å². The van der Waals surface area contributed by atoms with Crippen LogP contribution in [0, 0.1) is 0 Å². The van der Waals surface area contributed by atoms with E-state index in [-0.39, 0.29) is 5.91 Å². The van der Waals surface area contributed by atoms with Gasteiger partial charge in [0, 0.05) is 12.1 Å². The number of nitrogen functional groups attached to an aromatic ring is 1. The standard InChI is InChI=1S/C15H19ClN2O3/c1-2-6-15(14(20)21)7-3-8-18(15)13(19)10-4-5-12(17)11(16)9-10/h4-5,9H,2-3,6-8,17H2,1H3,(H,20,21). The zero-order valence-electron chi connectivity index (χ0n) is 11.9. The van der Waals surface area contributed by atoms with Crippen molar-refractivity contribution in [2.75, 3.05) is 12.3 Å². The van der Waals surface area contributed by atoms with E-state index in [1.165, 1.54) is 11.0 Å². The largest absolute Gasteiger partial charge is 0.479 e. The van der Waals surface area contributed by atoms with Gasteiger partial charge in [-0.05, 0) is 37.5 Å². The molecule has 1 saturated heterocycles. The fourth-order valence-corrected chi connectivity index (χ4v) is 3.17. The van der Waals surface area contributed by atoms with E-state index in [1.807, 2.05) is 6.92 Å². The van der Waals surface area contributed by atoms with Crippen molar-refractivity contribution in [1.82, 2.24) is 4.90 Å². The van der Waals surface area contributed by atoms with E-state index in [2.05, 4.69) is 0 Å². The Hall–Kier alpha value is -1.75. The van der Waals surface area contributed by atoms with Crippen LogP contribution in [0.3, 0.4) is 0 Å². The molecule has 0 spiro atoms. The molecule has 0 saturated carbocycles. The lowest BCUT2D eigenvalue weighted by Crippen LogP contribution is -2.53. The van der Waals surface area contributed by atoms with E-state index in [0.29, 0.717) is 48.5 Å². The third kappa shape index (κ3) is 2.70. The molecule has 1 atom stereocenters. The Labute approximate surface area is 128 Å². The number of anilines is 1. The average Bonchev–Trinajstić information content (AvgIpc) is 2.86. The summed E-state index contributed by atoms with van der Waals surface area (Å²) in [5.74, 6) is -1.23. The highest BCUT2D eigenvalue weighted by Gasteiger charge is 2.49. The highest BCUT2D eigenvalue weighted by molar-refractivity contribution is 6.33. The molecule has 114 valence electrons. The zero-order valence-corrected chi connectivity index (χ0v) is 12.7. The summed E-state index contributed by atoms with van der Waals surface area (Å²) in [6, 6.07) is 4.64.